The summed E-state index contributed by atoms with van der Waals surface area (Å²) >= 11 is 0. The molecule has 1 N–H and O–H groups in total. The fourth-order valence-corrected chi connectivity index (χ4v) is 3.44. The van der Waals surface area contributed by atoms with Gasteiger partial charge >= 0.3 is 0 Å². The minimum Gasteiger partial charge on any atom is -0.493 e. The van der Waals surface area contributed by atoms with Crippen molar-refractivity contribution in [2.75, 3.05) is 26.2 Å². The Hall–Kier alpha value is -1.06. The van der Waals surface area contributed by atoms with Gasteiger partial charge in [0.2, 0.25) is 0 Å². The molecule has 1 aromatic rings. The summed E-state index contributed by atoms with van der Waals surface area (Å²) in [5, 5.41) is 3.89. The predicted molar refractivity (Wildman–Crippen MR) is 82.2 cm³/mol. The summed E-state index contributed by atoms with van der Waals surface area (Å²) in [4.78, 5) is 2.57. The van der Waals surface area contributed by atoms with E-state index >= 15 is 0 Å². The number of likely N-dealkylation sites (tertiary alicyclic amines) is 1. The molecule has 3 nitrogen and oxygen atoms in total. The monoisotopic (exact) mass is 274 g/mol. The summed E-state index contributed by atoms with van der Waals surface area (Å²) < 4.78 is 5.75. The summed E-state index contributed by atoms with van der Waals surface area (Å²) in [6.07, 6.45) is 4.98. The molecule has 1 fully saturated rings. The Morgan fingerprint density at radius 1 is 1.20 bits per heavy atom. The zero-order valence-electron chi connectivity index (χ0n) is 12.5. The van der Waals surface area contributed by atoms with E-state index in [1.807, 2.05) is 0 Å². The number of ether oxygens (including phenoxy) is 1. The fraction of sp³-hybridized carbons (Fsp3) is 0.647. The predicted octanol–water partition coefficient (Wildman–Crippen LogP) is 2.97. The first-order valence-electron chi connectivity index (χ1n) is 8.07. The molecule has 2 atom stereocenters. The van der Waals surface area contributed by atoms with E-state index in [0.29, 0.717) is 12.1 Å². The maximum Gasteiger partial charge on any atom is 0.124 e. The van der Waals surface area contributed by atoms with E-state index in [4.69, 9.17) is 4.74 Å². The van der Waals surface area contributed by atoms with E-state index in [-0.39, 0.29) is 0 Å². The summed E-state index contributed by atoms with van der Waals surface area (Å²) in [5.41, 5.74) is 1.34. The Balaban J connectivity index is 1.64. The number of nitrogens with zero attached hydrogens (tertiary/aromatic N) is 1. The average molecular weight is 274 g/mol. The third-order valence-corrected chi connectivity index (χ3v) is 4.66. The molecule has 2 heterocycles. The van der Waals surface area contributed by atoms with Crippen LogP contribution < -0.4 is 10.1 Å². The van der Waals surface area contributed by atoms with E-state index in [1.54, 1.807) is 0 Å². The molecule has 2 unspecified atom stereocenters. The van der Waals surface area contributed by atoms with Crippen LogP contribution in [0.5, 0.6) is 5.75 Å². The van der Waals surface area contributed by atoms with Crippen molar-refractivity contribution in [1.29, 1.82) is 0 Å². The number of para-hydroxylation sites is 1. The first-order valence-corrected chi connectivity index (χ1v) is 8.07. The Kier molecular flexibility index (Phi) is 4.58. The van der Waals surface area contributed by atoms with Crippen LogP contribution in [0.15, 0.2) is 24.3 Å². The standard InChI is InChI=1S/C17H26N2O/c1-2-19-11-5-6-14(9-12-19)18-16-10-13-20-17-8-4-3-7-15(16)17/h3-4,7-8,14,16,18H,2,5-6,9-13H2,1H3. The molecule has 0 radical (unpaired) electrons. The fourth-order valence-electron chi connectivity index (χ4n) is 3.44. The second-order valence-corrected chi connectivity index (χ2v) is 5.96. The van der Waals surface area contributed by atoms with Crippen LogP contribution in [0.4, 0.5) is 0 Å². The van der Waals surface area contributed by atoms with Gasteiger partial charge in [0.25, 0.3) is 0 Å². The van der Waals surface area contributed by atoms with Crippen molar-refractivity contribution in [3.8, 4) is 5.75 Å². The zero-order chi connectivity index (χ0) is 13.8. The number of rotatable bonds is 3. The Bertz CT molecular complexity index is 435. The molecule has 2 aliphatic heterocycles. The van der Waals surface area contributed by atoms with Crippen LogP contribution in [-0.2, 0) is 0 Å². The van der Waals surface area contributed by atoms with Gasteiger partial charge in [0, 0.05) is 24.1 Å². The molecule has 0 aliphatic carbocycles. The Labute approximate surface area is 122 Å². The lowest BCUT2D eigenvalue weighted by Crippen LogP contribution is -2.36. The lowest BCUT2D eigenvalue weighted by atomic mass is 9.98. The molecule has 0 saturated carbocycles. The van der Waals surface area contributed by atoms with E-state index in [2.05, 4.69) is 41.4 Å². The number of benzene rings is 1. The summed E-state index contributed by atoms with van der Waals surface area (Å²) in [6, 6.07) is 9.61. The summed E-state index contributed by atoms with van der Waals surface area (Å²) in [6.45, 7) is 6.79. The van der Waals surface area contributed by atoms with Crippen LogP contribution in [0.1, 0.15) is 44.2 Å². The Morgan fingerprint density at radius 3 is 3.00 bits per heavy atom. The van der Waals surface area contributed by atoms with Crippen molar-refractivity contribution in [2.45, 2.75) is 44.7 Å². The minimum absolute atomic E-state index is 0.470. The second-order valence-electron chi connectivity index (χ2n) is 5.96. The van der Waals surface area contributed by atoms with Crippen molar-refractivity contribution < 1.29 is 4.74 Å². The molecule has 3 rings (SSSR count). The molecule has 3 heteroatoms. The van der Waals surface area contributed by atoms with Crippen LogP contribution in [0.2, 0.25) is 0 Å². The molecule has 0 spiro atoms. The van der Waals surface area contributed by atoms with Gasteiger partial charge in [0.15, 0.2) is 0 Å². The van der Waals surface area contributed by atoms with E-state index < -0.39 is 0 Å². The lowest BCUT2D eigenvalue weighted by molar-refractivity contribution is 0.238. The third-order valence-electron chi connectivity index (χ3n) is 4.66. The maximum atomic E-state index is 5.75. The highest BCUT2D eigenvalue weighted by molar-refractivity contribution is 5.37. The van der Waals surface area contributed by atoms with E-state index in [9.17, 15) is 0 Å². The average Bonchev–Trinajstić information content (AvgIpc) is 2.73. The number of hydrogen-bond donors (Lipinski definition) is 1. The molecule has 20 heavy (non-hydrogen) atoms. The zero-order valence-corrected chi connectivity index (χ0v) is 12.5. The van der Waals surface area contributed by atoms with Gasteiger partial charge in [-0.2, -0.15) is 0 Å². The van der Waals surface area contributed by atoms with Crippen molar-refractivity contribution in [3.63, 3.8) is 0 Å². The summed E-state index contributed by atoms with van der Waals surface area (Å²) in [5.74, 6) is 1.07. The van der Waals surface area contributed by atoms with Gasteiger partial charge < -0.3 is 15.0 Å². The minimum atomic E-state index is 0.470. The quantitative estimate of drug-likeness (QED) is 0.917. The van der Waals surface area contributed by atoms with Crippen LogP contribution in [0.3, 0.4) is 0 Å². The Morgan fingerprint density at radius 2 is 2.10 bits per heavy atom. The second kappa shape index (κ2) is 6.59. The first kappa shape index (κ1) is 13.9. The van der Waals surface area contributed by atoms with Crippen LogP contribution in [-0.4, -0.2) is 37.2 Å². The van der Waals surface area contributed by atoms with Crippen LogP contribution in [0, 0.1) is 0 Å². The molecule has 110 valence electrons. The highest BCUT2D eigenvalue weighted by Crippen LogP contribution is 2.32. The molecule has 1 saturated heterocycles. The molecular formula is C17H26N2O. The SMILES string of the molecule is CCN1CCCC(NC2CCOc3ccccc32)CC1. The highest BCUT2D eigenvalue weighted by atomic mass is 16.5. The van der Waals surface area contributed by atoms with E-state index in [1.165, 1.54) is 44.5 Å². The molecule has 0 bridgehead atoms. The topological polar surface area (TPSA) is 24.5 Å². The smallest absolute Gasteiger partial charge is 0.124 e. The molecule has 0 aromatic heterocycles. The van der Waals surface area contributed by atoms with Gasteiger partial charge in [-0.25, -0.2) is 0 Å². The molecular weight excluding hydrogens is 248 g/mol. The van der Waals surface area contributed by atoms with Gasteiger partial charge in [0.1, 0.15) is 5.75 Å². The van der Waals surface area contributed by atoms with Gasteiger partial charge in [-0.3, -0.25) is 0 Å². The third kappa shape index (κ3) is 3.15. The number of nitrogens with one attached hydrogen (secondary N) is 1. The number of hydrogen-bond acceptors (Lipinski definition) is 3. The molecule has 2 aliphatic rings. The van der Waals surface area contributed by atoms with Crippen molar-refractivity contribution >= 4 is 0 Å². The van der Waals surface area contributed by atoms with E-state index in [0.717, 1.165) is 18.8 Å². The summed E-state index contributed by atoms with van der Waals surface area (Å²) in [7, 11) is 0. The molecule has 0 amide bonds. The van der Waals surface area contributed by atoms with Gasteiger partial charge in [-0.15, -0.1) is 0 Å². The maximum absolute atomic E-state index is 5.75. The van der Waals surface area contributed by atoms with Gasteiger partial charge in [0.05, 0.1) is 6.61 Å². The van der Waals surface area contributed by atoms with Crippen LogP contribution >= 0.6 is 0 Å². The normalized spacial score (nSPS) is 27.4. The largest absolute Gasteiger partial charge is 0.493 e. The van der Waals surface area contributed by atoms with Crippen molar-refractivity contribution in [1.82, 2.24) is 10.2 Å². The van der Waals surface area contributed by atoms with Crippen molar-refractivity contribution in [2.24, 2.45) is 0 Å². The number of fused-ring (bicyclic) bond motifs is 1. The first-order chi connectivity index (χ1) is 9.86. The highest BCUT2D eigenvalue weighted by Gasteiger charge is 2.24. The van der Waals surface area contributed by atoms with Crippen molar-refractivity contribution in [3.05, 3.63) is 29.8 Å². The van der Waals surface area contributed by atoms with Crippen LogP contribution in [0.25, 0.3) is 0 Å². The van der Waals surface area contributed by atoms with Gasteiger partial charge in [-0.05, 0) is 45.0 Å². The molecule has 1 aromatic carbocycles. The lowest BCUT2D eigenvalue weighted by Gasteiger charge is -2.30. The van der Waals surface area contributed by atoms with Gasteiger partial charge in [-0.1, -0.05) is 25.1 Å².